The number of para-hydroxylation sites is 1. The SMILES string of the molecule is Clc1ccc(SCCNc2ncnc3ccccc23)cc1. The highest BCUT2D eigenvalue weighted by atomic mass is 35.5. The molecule has 0 saturated heterocycles. The Kier molecular flexibility index (Phi) is 4.58. The summed E-state index contributed by atoms with van der Waals surface area (Å²) >= 11 is 7.66. The lowest BCUT2D eigenvalue weighted by molar-refractivity contribution is 1.15. The molecule has 3 nitrogen and oxygen atoms in total. The average Bonchev–Trinajstić information content (AvgIpc) is 2.53. The number of fused-ring (bicyclic) bond motifs is 1. The molecular weight excluding hydrogens is 302 g/mol. The Morgan fingerprint density at radius 1 is 1.00 bits per heavy atom. The lowest BCUT2D eigenvalue weighted by Crippen LogP contribution is -2.06. The second kappa shape index (κ2) is 6.78. The summed E-state index contributed by atoms with van der Waals surface area (Å²) in [4.78, 5) is 9.79. The first kappa shape index (κ1) is 14.2. The fraction of sp³-hybridized carbons (Fsp3) is 0.125. The zero-order valence-corrected chi connectivity index (χ0v) is 12.9. The molecule has 0 atom stereocenters. The number of hydrogen-bond donors (Lipinski definition) is 1. The molecule has 1 N–H and O–H groups in total. The third-order valence-corrected chi connectivity index (χ3v) is 4.29. The monoisotopic (exact) mass is 315 g/mol. The van der Waals surface area contributed by atoms with Crippen LogP contribution >= 0.6 is 23.4 Å². The van der Waals surface area contributed by atoms with Gasteiger partial charge in [-0.15, -0.1) is 11.8 Å². The van der Waals surface area contributed by atoms with Crippen LogP contribution in [-0.4, -0.2) is 22.3 Å². The Hall–Kier alpha value is -1.78. The Morgan fingerprint density at radius 2 is 1.81 bits per heavy atom. The van der Waals surface area contributed by atoms with Gasteiger partial charge in [0.05, 0.1) is 5.52 Å². The molecule has 0 radical (unpaired) electrons. The van der Waals surface area contributed by atoms with E-state index in [1.165, 1.54) is 4.90 Å². The number of thioether (sulfide) groups is 1. The third-order valence-electron chi connectivity index (χ3n) is 3.02. The minimum Gasteiger partial charge on any atom is -0.369 e. The van der Waals surface area contributed by atoms with Crippen LogP contribution in [0.3, 0.4) is 0 Å². The summed E-state index contributed by atoms with van der Waals surface area (Å²) in [6, 6.07) is 15.9. The van der Waals surface area contributed by atoms with E-state index in [0.717, 1.165) is 34.0 Å². The zero-order valence-electron chi connectivity index (χ0n) is 11.3. The Bertz CT molecular complexity index is 726. The molecular formula is C16H14ClN3S. The summed E-state index contributed by atoms with van der Waals surface area (Å²) in [5.41, 5.74) is 0.959. The van der Waals surface area contributed by atoms with Crippen LogP contribution in [0, 0.1) is 0 Å². The predicted octanol–water partition coefficient (Wildman–Crippen LogP) is 4.49. The summed E-state index contributed by atoms with van der Waals surface area (Å²) in [6.07, 6.45) is 1.59. The molecule has 0 spiro atoms. The predicted molar refractivity (Wildman–Crippen MR) is 90.2 cm³/mol. The van der Waals surface area contributed by atoms with Crippen molar-refractivity contribution in [3.05, 3.63) is 59.9 Å². The van der Waals surface area contributed by atoms with Crippen LogP contribution in [0.4, 0.5) is 5.82 Å². The van der Waals surface area contributed by atoms with E-state index in [2.05, 4.69) is 15.3 Å². The van der Waals surface area contributed by atoms with Crippen molar-refractivity contribution in [3.63, 3.8) is 0 Å². The molecule has 3 aromatic rings. The highest BCUT2D eigenvalue weighted by molar-refractivity contribution is 7.99. The molecule has 0 aliphatic rings. The van der Waals surface area contributed by atoms with Gasteiger partial charge in [0.2, 0.25) is 0 Å². The molecule has 0 bridgehead atoms. The number of hydrogen-bond acceptors (Lipinski definition) is 4. The molecule has 1 heterocycles. The van der Waals surface area contributed by atoms with Crippen molar-refractivity contribution in [2.75, 3.05) is 17.6 Å². The van der Waals surface area contributed by atoms with Crippen molar-refractivity contribution >= 4 is 40.1 Å². The van der Waals surface area contributed by atoms with Crippen LogP contribution in [0.25, 0.3) is 10.9 Å². The first-order chi connectivity index (χ1) is 10.3. The second-order valence-electron chi connectivity index (χ2n) is 4.47. The Balaban J connectivity index is 1.58. The van der Waals surface area contributed by atoms with Crippen LogP contribution in [0.5, 0.6) is 0 Å². The lowest BCUT2D eigenvalue weighted by atomic mass is 10.2. The molecule has 106 valence electrons. The highest BCUT2D eigenvalue weighted by Gasteiger charge is 2.02. The molecule has 0 aliphatic heterocycles. The Morgan fingerprint density at radius 3 is 2.67 bits per heavy atom. The van der Waals surface area contributed by atoms with Gasteiger partial charge in [-0.25, -0.2) is 9.97 Å². The van der Waals surface area contributed by atoms with E-state index in [9.17, 15) is 0 Å². The lowest BCUT2D eigenvalue weighted by Gasteiger charge is -2.08. The number of benzene rings is 2. The fourth-order valence-electron chi connectivity index (χ4n) is 2.01. The van der Waals surface area contributed by atoms with Gasteiger partial charge in [0.25, 0.3) is 0 Å². The van der Waals surface area contributed by atoms with Crippen molar-refractivity contribution in [1.82, 2.24) is 9.97 Å². The molecule has 0 fully saturated rings. The number of nitrogens with zero attached hydrogens (tertiary/aromatic N) is 2. The minimum atomic E-state index is 0.768. The first-order valence-corrected chi connectivity index (χ1v) is 8.01. The van der Waals surface area contributed by atoms with E-state index in [1.807, 2.05) is 48.5 Å². The van der Waals surface area contributed by atoms with E-state index in [4.69, 9.17) is 11.6 Å². The van der Waals surface area contributed by atoms with Crippen molar-refractivity contribution in [2.45, 2.75) is 4.90 Å². The number of nitrogens with one attached hydrogen (secondary N) is 1. The summed E-state index contributed by atoms with van der Waals surface area (Å²) in [5.74, 6) is 1.84. The first-order valence-electron chi connectivity index (χ1n) is 6.65. The molecule has 2 aromatic carbocycles. The highest BCUT2D eigenvalue weighted by Crippen LogP contribution is 2.21. The van der Waals surface area contributed by atoms with E-state index in [1.54, 1.807) is 18.1 Å². The smallest absolute Gasteiger partial charge is 0.137 e. The maximum atomic E-state index is 5.87. The fourth-order valence-corrected chi connectivity index (χ4v) is 2.91. The standard InChI is InChI=1S/C16H14ClN3S/c17-12-5-7-13(8-6-12)21-10-9-18-16-14-3-1-2-4-15(14)19-11-20-16/h1-8,11H,9-10H2,(H,18,19,20). The molecule has 5 heteroatoms. The van der Waals surface area contributed by atoms with Crippen LogP contribution in [0.2, 0.25) is 5.02 Å². The summed E-state index contributed by atoms with van der Waals surface area (Å²) in [5, 5.41) is 5.19. The van der Waals surface area contributed by atoms with E-state index >= 15 is 0 Å². The Labute approximate surface area is 132 Å². The van der Waals surface area contributed by atoms with Gasteiger partial charge in [-0.1, -0.05) is 23.7 Å². The maximum Gasteiger partial charge on any atom is 0.137 e. The van der Waals surface area contributed by atoms with Gasteiger partial charge in [-0.2, -0.15) is 0 Å². The summed E-state index contributed by atoms with van der Waals surface area (Å²) in [7, 11) is 0. The van der Waals surface area contributed by atoms with Crippen LogP contribution in [0.15, 0.2) is 59.8 Å². The van der Waals surface area contributed by atoms with Gasteiger partial charge in [0.15, 0.2) is 0 Å². The molecule has 0 unspecified atom stereocenters. The van der Waals surface area contributed by atoms with Gasteiger partial charge >= 0.3 is 0 Å². The zero-order chi connectivity index (χ0) is 14.5. The molecule has 0 amide bonds. The van der Waals surface area contributed by atoms with E-state index in [0.29, 0.717) is 0 Å². The van der Waals surface area contributed by atoms with Crippen molar-refractivity contribution < 1.29 is 0 Å². The van der Waals surface area contributed by atoms with Gasteiger partial charge in [0.1, 0.15) is 12.1 Å². The molecule has 0 aliphatic carbocycles. The van der Waals surface area contributed by atoms with Crippen LogP contribution in [-0.2, 0) is 0 Å². The topological polar surface area (TPSA) is 37.8 Å². The number of aromatic nitrogens is 2. The van der Waals surface area contributed by atoms with E-state index < -0.39 is 0 Å². The number of halogens is 1. The summed E-state index contributed by atoms with van der Waals surface area (Å²) < 4.78 is 0. The normalized spacial score (nSPS) is 10.7. The third kappa shape index (κ3) is 3.65. The quantitative estimate of drug-likeness (QED) is 0.556. The van der Waals surface area contributed by atoms with Crippen molar-refractivity contribution in [3.8, 4) is 0 Å². The van der Waals surface area contributed by atoms with Gasteiger partial charge in [0, 0.05) is 27.6 Å². The maximum absolute atomic E-state index is 5.87. The minimum absolute atomic E-state index is 0.768. The van der Waals surface area contributed by atoms with Crippen LogP contribution < -0.4 is 5.32 Å². The molecule has 0 saturated carbocycles. The van der Waals surface area contributed by atoms with Gasteiger partial charge < -0.3 is 5.32 Å². The average molecular weight is 316 g/mol. The van der Waals surface area contributed by atoms with Crippen molar-refractivity contribution in [1.29, 1.82) is 0 Å². The van der Waals surface area contributed by atoms with Crippen LogP contribution in [0.1, 0.15) is 0 Å². The second-order valence-corrected chi connectivity index (χ2v) is 6.07. The largest absolute Gasteiger partial charge is 0.369 e. The van der Waals surface area contributed by atoms with Gasteiger partial charge in [-0.3, -0.25) is 0 Å². The summed E-state index contributed by atoms with van der Waals surface area (Å²) in [6.45, 7) is 0.842. The molecule has 1 aromatic heterocycles. The molecule has 3 rings (SSSR count). The van der Waals surface area contributed by atoms with E-state index in [-0.39, 0.29) is 0 Å². The number of rotatable bonds is 5. The molecule has 21 heavy (non-hydrogen) atoms. The van der Waals surface area contributed by atoms with Crippen molar-refractivity contribution in [2.24, 2.45) is 0 Å². The number of anilines is 1. The van der Waals surface area contributed by atoms with Gasteiger partial charge in [-0.05, 0) is 36.4 Å².